The lowest BCUT2D eigenvalue weighted by molar-refractivity contribution is 0.0922. The Morgan fingerprint density at radius 1 is 1.33 bits per heavy atom. The van der Waals surface area contributed by atoms with Gasteiger partial charge in [0.25, 0.3) is 5.91 Å². The second-order valence-electron chi connectivity index (χ2n) is 5.38. The molecule has 4 heteroatoms. The van der Waals surface area contributed by atoms with Crippen molar-refractivity contribution in [1.82, 2.24) is 5.32 Å². The van der Waals surface area contributed by atoms with E-state index < -0.39 is 0 Å². The highest BCUT2D eigenvalue weighted by Gasteiger charge is 2.40. The first-order valence-electron chi connectivity index (χ1n) is 6.39. The van der Waals surface area contributed by atoms with E-state index in [2.05, 4.69) is 43.8 Å². The predicted molar refractivity (Wildman–Crippen MR) is 83.6 cm³/mol. The molecule has 0 aromatic heterocycles. The maximum atomic E-state index is 12.3. The molecule has 0 saturated heterocycles. The van der Waals surface area contributed by atoms with Crippen molar-refractivity contribution in [3.63, 3.8) is 0 Å². The first kappa shape index (κ1) is 12.9. The molecule has 2 aliphatic carbocycles. The Bertz CT molecular complexity index is 491. The van der Waals surface area contributed by atoms with Crippen molar-refractivity contribution in [2.75, 3.05) is 0 Å². The van der Waals surface area contributed by atoms with E-state index in [4.69, 9.17) is 0 Å². The maximum absolute atomic E-state index is 12.3. The van der Waals surface area contributed by atoms with Crippen LogP contribution in [0.25, 0.3) is 0 Å². The fourth-order valence-electron chi connectivity index (χ4n) is 3.34. The minimum Gasteiger partial charge on any atom is -0.349 e. The monoisotopic (exact) mass is 419 g/mol. The van der Waals surface area contributed by atoms with Gasteiger partial charge in [-0.2, -0.15) is 0 Å². The summed E-state index contributed by atoms with van der Waals surface area (Å²) < 4.78 is 1.97. The fraction of sp³-hybridized carbons (Fsp3) is 0.500. The summed E-state index contributed by atoms with van der Waals surface area (Å²) in [6, 6.07) is 6.28. The number of hydrogen-bond acceptors (Lipinski definition) is 1. The lowest BCUT2D eigenvalue weighted by Crippen LogP contribution is -2.38. The molecular formula is C14H15BrINO. The number of hydrogen-bond donors (Lipinski definition) is 1. The molecule has 2 saturated carbocycles. The molecule has 0 spiro atoms. The van der Waals surface area contributed by atoms with E-state index in [1.807, 2.05) is 18.2 Å². The molecule has 3 atom stereocenters. The van der Waals surface area contributed by atoms with Gasteiger partial charge in [-0.3, -0.25) is 4.79 Å². The Kier molecular flexibility index (Phi) is 3.67. The molecule has 1 N–H and O–H groups in total. The summed E-state index contributed by atoms with van der Waals surface area (Å²) in [5.74, 6) is 1.65. The standard InChI is InChI=1S/C14H15BrINO/c15-12-4-3-10(16)7-11(12)14(18)17-13-6-8-1-2-9(13)5-8/h3-4,7-9,13H,1-2,5-6H2,(H,17,18). The summed E-state index contributed by atoms with van der Waals surface area (Å²) in [6.07, 6.45) is 5.16. The number of carbonyl (C=O) groups is 1. The van der Waals surface area contributed by atoms with Gasteiger partial charge < -0.3 is 5.32 Å². The Balaban J connectivity index is 1.73. The highest BCUT2D eigenvalue weighted by atomic mass is 127. The molecule has 0 heterocycles. The van der Waals surface area contributed by atoms with E-state index in [1.165, 1.54) is 25.7 Å². The van der Waals surface area contributed by atoms with E-state index in [0.717, 1.165) is 25.4 Å². The lowest BCUT2D eigenvalue weighted by atomic mass is 9.95. The molecular weight excluding hydrogens is 405 g/mol. The van der Waals surface area contributed by atoms with Gasteiger partial charge in [-0.15, -0.1) is 0 Å². The number of benzene rings is 1. The Hall–Kier alpha value is -0.100. The van der Waals surface area contributed by atoms with Gasteiger partial charge in [-0.05, 0) is 87.8 Å². The van der Waals surface area contributed by atoms with Crippen molar-refractivity contribution in [3.05, 3.63) is 31.8 Å². The fourth-order valence-corrected chi connectivity index (χ4v) is 4.26. The normalized spacial score (nSPS) is 29.6. The number of fused-ring (bicyclic) bond motifs is 2. The molecule has 0 aliphatic heterocycles. The van der Waals surface area contributed by atoms with Crippen molar-refractivity contribution in [3.8, 4) is 0 Å². The molecule has 3 rings (SSSR count). The van der Waals surface area contributed by atoms with Crippen LogP contribution in [0.2, 0.25) is 0 Å². The number of carbonyl (C=O) groups excluding carboxylic acids is 1. The molecule has 96 valence electrons. The molecule has 0 radical (unpaired) electrons. The minimum atomic E-state index is 0.0675. The van der Waals surface area contributed by atoms with Crippen LogP contribution in [0.1, 0.15) is 36.0 Å². The molecule has 2 nitrogen and oxygen atoms in total. The maximum Gasteiger partial charge on any atom is 0.252 e. The van der Waals surface area contributed by atoms with Crippen LogP contribution in [0.3, 0.4) is 0 Å². The molecule has 2 bridgehead atoms. The van der Waals surface area contributed by atoms with Gasteiger partial charge in [-0.1, -0.05) is 6.42 Å². The lowest BCUT2D eigenvalue weighted by Gasteiger charge is -2.23. The molecule has 1 aromatic carbocycles. The van der Waals surface area contributed by atoms with E-state index in [1.54, 1.807) is 0 Å². The Morgan fingerprint density at radius 3 is 2.83 bits per heavy atom. The van der Waals surface area contributed by atoms with Crippen LogP contribution in [0.5, 0.6) is 0 Å². The minimum absolute atomic E-state index is 0.0675. The summed E-state index contributed by atoms with van der Waals surface area (Å²) in [4.78, 5) is 12.3. The van der Waals surface area contributed by atoms with Gasteiger partial charge >= 0.3 is 0 Å². The SMILES string of the molecule is O=C(NC1CC2CCC1C2)c1cc(I)ccc1Br. The quantitative estimate of drug-likeness (QED) is 0.722. The molecule has 3 unspecified atom stereocenters. The van der Waals surface area contributed by atoms with E-state index >= 15 is 0 Å². The third-order valence-corrected chi connectivity index (χ3v) is 5.59. The highest BCUT2D eigenvalue weighted by Crippen LogP contribution is 2.44. The van der Waals surface area contributed by atoms with Crippen LogP contribution in [0.15, 0.2) is 22.7 Å². The Morgan fingerprint density at radius 2 is 2.17 bits per heavy atom. The molecule has 1 aromatic rings. The van der Waals surface area contributed by atoms with Crippen molar-refractivity contribution < 1.29 is 4.79 Å². The van der Waals surface area contributed by atoms with Gasteiger partial charge in [0.05, 0.1) is 5.56 Å². The average molecular weight is 420 g/mol. The van der Waals surface area contributed by atoms with Crippen LogP contribution >= 0.6 is 38.5 Å². The topological polar surface area (TPSA) is 29.1 Å². The van der Waals surface area contributed by atoms with E-state index in [0.29, 0.717) is 6.04 Å². The van der Waals surface area contributed by atoms with Crippen LogP contribution in [-0.2, 0) is 0 Å². The summed E-state index contributed by atoms with van der Waals surface area (Å²) in [5.41, 5.74) is 0.754. The number of amides is 1. The average Bonchev–Trinajstić information content (AvgIpc) is 2.94. The highest BCUT2D eigenvalue weighted by molar-refractivity contribution is 14.1. The number of halogens is 2. The largest absolute Gasteiger partial charge is 0.349 e. The third-order valence-electron chi connectivity index (χ3n) is 4.23. The van der Waals surface area contributed by atoms with Crippen molar-refractivity contribution in [2.45, 2.75) is 31.7 Å². The Labute approximate surface area is 129 Å². The summed E-state index contributed by atoms with van der Waals surface area (Å²) in [5, 5.41) is 3.22. The van der Waals surface area contributed by atoms with Crippen LogP contribution in [0.4, 0.5) is 0 Å². The zero-order chi connectivity index (χ0) is 12.7. The molecule has 2 aliphatic rings. The molecule has 2 fully saturated rings. The van der Waals surface area contributed by atoms with Gasteiger partial charge in [0.2, 0.25) is 0 Å². The first-order chi connectivity index (χ1) is 8.63. The molecule has 18 heavy (non-hydrogen) atoms. The zero-order valence-electron chi connectivity index (χ0n) is 9.96. The smallest absolute Gasteiger partial charge is 0.252 e. The van der Waals surface area contributed by atoms with E-state index in [-0.39, 0.29) is 5.91 Å². The zero-order valence-corrected chi connectivity index (χ0v) is 13.7. The third kappa shape index (κ3) is 2.46. The van der Waals surface area contributed by atoms with Crippen molar-refractivity contribution in [2.24, 2.45) is 11.8 Å². The summed E-state index contributed by atoms with van der Waals surface area (Å²) >= 11 is 5.69. The predicted octanol–water partition coefficient (Wildman–Crippen LogP) is 3.97. The van der Waals surface area contributed by atoms with Crippen LogP contribution < -0.4 is 5.32 Å². The van der Waals surface area contributed by atoms with E-state index in [9.17, 15) is 4.79 Å². The molecule has 1 amide bonds. The van der Waals surface area contributed by atoms with Crippen molar-refractivity contribution >= 4 is 44.4 Å². The second kappa shape index (κ2) is 5.12. The van der Waals surface area contributed by atoms with Gasteiger partial charge in [-0.25, -0.2) is 0 Å². The number of nitrogens with one attached hydrogen (secondary N) is 1. The summed E-state index contributed by atoms with van der Waals surface area (Å²) in [7, 11) is 0. The second-order valence-corrected chi connectivity index (χ2v) is 7.48. The first-order valence-corrected chi connectivity index (χ1v) is 8.26. The van der Waals surface area contributed by atoms with Crippen LogP contribution in [-0.4, -0.2) is 11.9 Å². The van der Waals surface area contributed by atoms with Gasteiger partial charge in [0.15, 0.2) is 0 Å². The van der Waals surface area contributed by atoms with Gasteiger partial charge in [0.1, 0.15) is 0 Å². The van der Waals surface area contributed by atoms with Crippen molar-refractivity contribution in [1.29, 1.82) is 0 Å². The van der Waals surface area contributed by atoms with Gasteiger partial charge in [0, 0.05) is 14.1 Å². The van der Waals surface area contributed by atoms with Crippen LogP contribution in [0, 0.1) is 15.4 Å². The number of rotatable bonds is 2. The summed E-state index contributed by atoms with van der Waals surface area (Å²) in [6.45, 7) is 0.